The third kappa shape index (κ3) is 2.63. The molecule has 18 heavy (non-hydrogen) atoms. The van der Waals surface area contributed by atoms with Crippen molar-refractivity contribution < 1.29 is 14.2 Å². The highest BCUT2D eigenvalue weighted by molar-refractivity contribution is 6.30. The van der Waals surface area contributed by atoms with Crippen LogP contribution in [0.25, 0.3) is 0 Å². The van der Waals surface area contributed by atoms with E-state index in [9.17, 15) is 9.50 Å². The molecule has 0 aliphatic carbocycles. The average molecular weight is 267 g/mol. The van der Waals surface area contributed by atoms with Gasteiger partial charge in [0.25, 0.3) is 0 Å². The van der Waals surface area contributed by atoms with Crippen molar-refractivity contribution in [2.45, 2.75) is 6.10 Å². The fraction of sp³-hybridized carbons (Fsp3) is 0.143. The molecule has 1 N–H and O–H groups in total. The molecule has 0 spiro atoms. The maximum Gasteiger partial charge on any atom is 0.130 e. The number of hydrogen-bond acceptors (Lipinski definition) is 2. The first-order valence-corrected chi connectivity index (χ1v) is 5.76. The Morgan fingerprint density at radius 3 is 2.39 bits per heavy atom. The maximum atomic E-state index is 13.7. The summed E-state index contributed by atoms with van der Waals surface area (Å²) in [5.74, 6) is 0.161. The van der Waals surface area contributed by atoms with Crippen molar-refractivity contribution in [3.8, 4) is 5.75 Å². The molecule has 0 aliphatic heterocycles. The monoisotopic (exact) mass is 266 g/mol. The van der Waals surface area contributed by atoms with Gasteiger partial charge in [-0.25, -0.2) is 4.39 Å². The molecule has 94 valence electrons. The van der Waals surface area contributed by atoms with E-state index in [1.165, 1.54) is 12.1 Å². The summed E-state index contributed by atoms with van der Waals surface area (Å²) in [6.07, 6.45) is -1.02. The zero-order valence-corrected chi connectivity index (χ0v) is 10.5. The molecule has 2 rings (SSSR count). The van der Waals surface area contributed by atoms with Crippen LogP contribution in [-0.2, 0) is 0 Å². The Morgan fingerprint density at radius 2 is 1.83 bits per heavy atom. The topological polar surface area (TPSA) is 29.5 Å². The highest BCUT2D eigenvalue weighted by Gasteiger charge is 2.15. The highest BCUT2D eigenvalue weighted by Crippen LogP contribution is 2.27. The average Bonchev–Trinajstić information content (AvgIpc) is 2.38. The predicted molar refractivity (Wildman–Crippen MR) is 68.5 cm³/mol. The lowest BCUT2D eigenvalue weighted by Gasteiger charge is -2.13. The van der Waals surface area contributed by atoms with Gasteiger partial charge in [0.05, 0.1) is 7.11 Å². The van der Waals surface area contributed by atoms with Gasteiger partial charge in [0.15, 0.2) is 0 Å². The van der Waals surface area contributed by atoms with E-state index >= 15 is 0 Å². The minimum atomic E-state index is -1.02. The molecule has 2 aromatic carbocycles. The Balaban J connectivity index is 2.31. The van der Waals surface area contributed by atoms with E-state index < -0.39 is 11.9 Å². The van der Waals surface area contributed by atoms with Gasteiger partial charge in [-0.3, -0.25) is 0 Å². The zero-order valence-electron chi connectivity index (χ0n) is 9.73. The Labute approximate surface area is 110 Å². The molecule has 1 unspecified atom stereocenters. The summed E-state index contributed by atoms with van der Waals surface area (Å²) >= 11 is 5.67. The van der Waals surface area contributed by atoms with Gasteiger partial charge in [-0.2, -0.15) is 0 Å². The second-order valence-electron chi connectivity index (χ2n) is 3.84. The SMILES string of the molecule is COc1ccc(C(O)c2ccc(Cl)cc2F)cc1. The lowest BCUT2D eigenvalue weighted by molar-refractivity contribution is 0.215. The molecule has 0 heterocycles. The van der Waals surface area contributed by atoms with Gasteiger partial charge in [-0.05, 0) is 29.8 Å². The standard InChI is InChI=1S/C14H12ClFO2/c1-18-11-5-2-9(3-6-11)14(17)12-7-4-10(15)8-13(12)16/h2-8,14,17H,1H3. The summed E-state index contributed by atoms with van der Waals surface area (Å²) in [4.78, 5) is 0. The van der Waals surface area contributed by atoms with Gasteiger partial charge in [-0.15, -0.1) is 0 Å². The van der Waals surface area contributed by atoms with Gasteiger partial charge < -0.3 is 9.84 Å². The van der Waals surface area contributed by atoms with Gasteiger partial charge in [0.2, 0.25) is 0 Å². The molecule has 0 amide bonds. The smallest absolute Gasteiger partial charge is 0.130 e. The van der Waals surface area contributed by atoms with Crippen LogP contribution in [0.1, 0.15) is 17.2 Å². The van der Waals surface area contributed by atoms with E-state index in [0.717, 1.165) is 0 Å². The van der Waals surface area contributed by atoms with Gasteiger partial charge >= 0.3 is 0 Å². The predicted octanol–water partition coefficient (Wildman–Crippen LogP) is 3.57. The quantitative estimate of drug-likeness (QED) is 0.920. The largest absolute Gasteiger partial charge is 0.497 e. The molecular formula is C14H12ClFO2. The zero-order chi connectivity index (χ0) is 13.1. The van der Waals surface area contributed by atoms with Crippen molar-refractivity contribution in [3.63, 3.8) is 0 Å². The molecule has 0 fully saturated rings. The molecule has 2 nitrogen and oxygen atoms in total. The lowest BCUT2D eigenvalue weighted by Crippen LogP contribution is -2.02. The van der Waals surface area contributed by atoms with Crippen molar-refractivity contribution in [1.82, 2.24) is 0 Å². The van der Waals surface area contributed by atoms with Crippen molar-refractivity contribution in [2.75, 3.05) is 7.11 Å². The van der Waals surface area contributed by atoms with Gasteiger partial charge in [0.1, 0.15) is 17.7 Å². The van der Waals surface area contributed by atoms with Crippen molar-refractivity contribution in [1.29, 1.82) is 0 Å². The van der Waals surface area contributed by atoms with Gasteiger partial charge in [0, 0.05) is 10.6 Å². The highest BCUT2D eigenvalue weighted by atomic mass is 35.5. The van der Waals surface area contributed by atoms with Crippen molar-refractivity contribution in [3.05, 3.63) is 64.4 Å². The Bertz CT molecular complexity index is 540. The van der Waals surface area contributed by atoms with E-state index in [-0.39, 0.29) is 5.56 Å². The van der Waals surface area contributed by atoms with E-state index in [2.05, 4.69) is 0 Å². The molecule has 0 aliphatic rings. The third-order valence-corrected chi connectivity index (χ3v) is 2.92. The number of benzene rings is 2. The van der Waals surface area contributed by atoms with E-state index in [0.29, 0.717) is 16.3 Å². The molecule has 1 atom stereocenters. The minimum absolute atomic E-state index is 0.199. The van der Waals surface area contributed by atoms with Crippen LogP contribution in [0.3, 0.4) is 0 Å². The molecule has 0 bridgehead atoms. The van der Waals surface area contributed by atoms with Crippen LogP contribution in [-0.4, -0.2) is 12.2 Å². The number of ether oxygens (including phenoxy) is 1. The van der Waals surface area contributed by atoms with E-state index in [4.69, 9.17) is 16.3 Å². The summed E-state index contributed by atoms with van der Waals surface area (Å²) in [5.41, 5.74) is 0.793. The Kier molecular flexibility index (Phi) is 3.84. The second-order valence-corrected chi connectivity index (χ2v) is 4.28. The van der Waals surface area contributed by atoms with Crippen LogP contribution in [0.2, 0.25) is 5.02 Å². The summed E-state index contributed by atoms with van der Waals surface area (Å²) in [7, 11) is 1.56. The second kappa shape index (κ2) is 5.38. The molecule has 0 radical (unpaired) electrons. The molecular weight excluding hydrogens is 255 g/mol. The Morgan fingerprint density at radius 1 is 1.17 bits per heavy atom. The minimum Gasteiger partial charge on any atom is -0.497 e. The van der Waals surface area contributed by atoms with E-state index in [1.54, 1.807) is 37.4 Å². The number of aliphatic hydroxyl groups is 1. The first kappa shape index (κ1) is 12.9. The number of aliphatic hydroxyl groups excluding tert-OH is 1. The molecule has 2 aromatic rings. The first-order valence-electron chi connectivity index (χ1n) is 5.39. The van der Waals surface area contributed by atoms with Crippen LogP contribution >= 0.6 is 11.6 Å². The normalized spacial score (nSPS) is 12.2. The summed E-state index contributed by atoms with van der Waals surface area (Å²) in [6.45, 7) is 0. The fourth-order valence-electron chi connectivity index (χ4n) is 1.69. The molecule has 0 aromatic heterocycles. The van der Waals surface area contributed by atoms with Crippen LogP contribution in [0, 0.1) is 5.82 Å². The molecule has 0 saturated carbocycles. The third-order valence-electron chi connectivity index (χ3n) is 2.69. The van der Waals surface area contributed by atoms with Crippen LogP contribution in [0.15, 0.2) is 42.5 Å². The first-order chi connectivity index (χ1) is 8.61. The van der Waals surface area contributed by atoms with Crippen molar-refractivity contribution in [2.24, 2.45) is 0 Å². The summed E-state index contributed by atoms with van der Waals surface area (Å²) in [6, 6.07) is 11.0. The number of methoxy groups -OCH3 is 1. The number of hydrogen-bond donors (Lipinski definition) is 1. The molecule has 0 saturated heterocycles. The van der Waals surface area contributed by atoms with Crippen molar-refractivity contribution >= 4 is 11.6 Å². The number of rotatable bonds is 3. The fourth-order valence-corrected chi connectivity index (χ4v) is 1.85. The number of halogens is 2. The van der Waals surface area contributed by atoms with Crippen LogP contribution in [0.5, 0.6) is 5.75 Å². The Hall–Kier alpha value is -1.58. The summed E-state index contributed by atoms with van der Waals surface area (Å²) < 4.78 is 18.7. The maximum absolute atomic E-state index is 13.7. The summed E-state index contributed by atoms with van der Waals surface area (Å²) in [5, 5.41) is 10.4. The van der Waals surface area contributed by atoms with Crippen LogP contribution < -0.4 is 4.74 Å². The lowest BCUT2D eigenvalue weighted by atomic mass is 10.0. The van der Waals surface area contributed by atoms with E-state index in [1.807, 2.05) is 0 Å². The van der Waals surface area contributed by atoms with Gasteiger partial charge in [-0.1, -0.05) is 29.8 Å². The molecule has 4 heteroatoms. The van der Waals surface area contributed by atoms with Crippen LogP contribution in [0.4, 0.5) is 4.39 Å².